The molecular weight excluding hydrogens is 392 g/mol. The van der Waals surface area contributed by atoms with Gasteiger partial charge in [0.15, 0.2) is 0 Å². The average Bonchev–Trinajstić information content (AvgIpc) is 2.94. The number of nitrogens with zero attached hydrogens (tertiary/aromatic N) is 2. The number of halogens is 1. The van der Waals surface area contributed by atoms with Crippen LogP contribution < -0.4 is 4.90 Å². The summed E-state index contributed by atoms with van der Waals surface area (Å²) in [5, 5.41) is -0.902. The maximum absolute atomic E-state index is 12.3. The first-order chi connectivity index (χ1) is 12.4. The van der Waals surface area contributed by atoms with Crippen LogP contribution in [0.15, 0.2) is 18.2 Å². The lowest BCUT2D eigenvalue weighted by atomic mass is 9.99. The summed E-state index contributed by atoms with van der Waals surface area (Å²) in [6.07, 6.45) is 0.207. The molecular formula is C18H23ClN2O5S. The molecule has 1 atom stereocenters. The number of hydrogen-bond acceptors (Lipinski definition) is 5. The van der Waals surface area contributed by atoms with Crippen molar-refractivity contribution in [2.45, 2.75) is 51.0 Å². The zero-order chi connectivity index (χ0) is 20.0. The molecule has 0 saturated carbocycles. The molecule has 2 amide bonds. The van der Waals surface area contributed by atoms with Crippen LogP contribution in [0.25, 0.3) is 0 Å². The minimum absolute atomic E-state index is 0.0409. The normalized spacial score (nSPS) is 20.6. The third kappa shape index (κ3) is 4.55. The molecule has 9 heteroatoms. The Kier molecular flexibility index (Phi) is 5.16. The summed E-state index contributed by atoms with van der Waals surface area (Å²) in [7, 11) is 1.62. The van der Waals surface area contributed by atoms with E-state index in [0.717, 1.165) is 11.1 Å². The molecule has 3 rings (SSSR count). The Morgan fingerprint density at radius 2 is 1.96 bits per heavy atom. The van der Waals surface area contributed by atoms with Crippen molar-refractivity contribution >= 4 is 37.4 Å². The predicted octanol–water partition coefficient (Wildman–Crippen LogP) is 2.65. The van der Waals surface area contributed by atoms with Gasteiger partial charge in [-0.3, -0.25) is 4.79 Å². The molecule has 7 nitrogen and oxygen atoms in total. The summed E-state index contributed by atoms with van der Waals surface area (Å²) >= 11 is 0. The summed E-state index contributed by atoms with van der Waals surface area (Å²) in [5.41, 5.74) is 2.08. The van der Waals surface area contributed by atoms with Gasteiger partial charge in [0.1, 0.15) is 10.9 Å². The first-order valence-corrected chi connectivity index (χ1v) is 11.1. The zero-order valence-corrected chi connectivity index (χ0v) is 17.1. The van der Waals surface area contributed by atoms with Crippen molar-refractivity contribution in [2.75, 3.05) is 18.0 Å². The van der Waals surface area contributed by atoms with E-state index in [-0.39, 0.29) is 25.0 Å². The van der Waals surface area contributed by atoms with E-state index in [2.05, 4.69) is 0 Å². The molecule has 0 aliphatic carbocycles. The van der Waals surface area contributed by atoms with E-state index in [0.29, 0.717) is 25.2 Å². The quantitative estimate of drug-likeness (QED) is 0.694. The lowest BCUT2D eigenvalue weighted by molar-refractivity contribution is -0.117. The van der Waals surface area contributed by atoms with Gasteiger partial charge >= 0.3 is 6.09 Å². The van der Waals surface area contributed by atoms with Gasteiger partial charge in [-0.2, -0.15) is 0 Å². The number of anilines is 1. The van der Waals surface area contributed by atoms with Crippen molar-refractivity contribution in [3.8, 4) is 0 Å². The summed E-state index contributed by atoms with van der Waals surface area (Å²) < 4.78 is 28.5. The summed E-state index contributed by atoms with van der Waals surface area (Å²) in [6.45, 7) is 6.46. The maximum Gasteiger partial charge on any atom is 0.410 e. The van der Waals surface area contributed by atoms with Gasteiger partial charge < -0.3 is 14.5 Å². The maximum atomic E-state index is 12.3. The first-order valence-electron chi connectivity index (χ1n) is 8.77. The molecule has 1 unspecified atom stereocenters. The standard InChI is InChI=1S/C18H23ClN2O5S/c1-18(2,3)26-17(23)20-7-6-12-4-5-14(8-13(12)10-20)21-11-15(9-16(21)22)27(19,24)25/h4-5,8,15H,6-7,9-11H2,1-3H3. The number of rotatable bonds is 2. The number of carbonyl (C=O) groups is 2. The molecule has 148 valence electrons. The number of amides is 2. The van der Waals surface area contributed by atoms with Crippen LogP contribution in [0.1, 0.15) is 38.3 Å². The van der Waals surface area contributed by atoms with E-state index in [1.807, 2.05) is 39.0 Å². The highest BCUT2D eigenvalue weighted by Crippen LogP contribution is 2.30. The zero-order valence-electron chi connectivity index (χ0n) is 15.6. The SMILES string of the molecule is CC(C)(C)OC(=O)N1CCc2ccc(N3CC(S(=O)(=O)Cl)CC3=O)cc2C1. The van der Waals surface area contributed by atoms with Gasteiger partial charge in [-0.1, -0.05) is 6.07 Å². The minimum atomic E-state index is -3.79. The number of benzene rings is 1. The largest absolute Gasteiger partial charge is 0.444 e. The Bertz CT molecular complexity index is 878. The summed E-state index contributed by atoms with van der Waals surface area (Å²) in [4.78, 5) is 27.7. The Labute approximate surface area is 163 Å². The van der Waals surface area contributed by atoms with E-state index < -0.39 is 19.9 Å². The average molecular weight is 415 g/mol. The van der Waals surface area contributed by atoms with E-state index in [1.165, 1.54) is 4.90 Å². The van der Waals surface area contributed by atoms with Crippen LogP contribution in [0.4, 0.5) is 10.5 Å². The molecule has 2 aliphatic rings. The second-order valence-corrected chi connectivity index (χ2v) is 10.8. The second kappa shape index (κ2) is 6.98. The molecule has 0 aromatic heterocycles. The van der Waals surface area contributed by atoms with Crippen LogP contribution in [0, 0.1) is 0 Å². The van der Waals surface area contributed by atoms with Gasteiger partial charge in [-0.15, -0.1) is 0 Å². The van der Waals surface area contributed by atoms with Gasteiger partial charge in [0, 0.05) is 42.4 Å². The molecule has 0 radical (unpaired) electrons. The molecule has 0 bridgehead atoms. The Hall–Kier alpha value is -1.80. The fourth-order valence-electron chi connectivity index (χ4n) is 3.31. The van der Waals surface area contributed by atoms with Crippen molar-refractivity contribution < 1.29 is 22.7 Å². The number of fused-ring (bicyclic) bond motifs is 1. The Balaban J connectivity index is 1.78. The topological polar surface area (TPSA) is 84.0 Å². The summed E-state index contributed by atoms with van der Waals surface area (Å²) in [6, 6.07) is 5.57. The molecule has 1 saturated heterocycles. The molecule has 0 spiro atoms. The molecule has 27 heavy (non-hydrogen) atoms. The fraction of sp³-hybridized carbons (Fsp3) is 0.556. The highest BCUT2D eigenvalue weighted by molar-refractivity contribution is 8.14. The van der Waals surface area contributed by atoms with E-state index in [9.17, 15) is 18.0 Å². The molecule has 0 N–H and O–H groups in total. The first kappa shape index (κ1) is 19.9. The number of carbonyl (C=O) groups excluding carboxylic acids is 2. The van der Waals surface area contributed by atoms with E-state index in [4.69, 9.17) is 15.4 Å². The van der Waals surface area contributed by atoms with Gasteiger partial charge in [0.2, 0.25) is 15.0 Å². The van der Waals surface area contributed by atoms with Crippen molar-refractivity contribution in [1.82, 2.24) is 4.90 Å². The smallest absolute Gasteiger partial charge is 0.410 e. The monoisotopic (exact) mass is 414 g/mol. The summed E-state index contributed by atoms with van der Waals surface area (Å²) in [5.74, 6) is -0.274. The van der Waals surface area contributed by atoms with E-state index >= 15 is 0 Å². The van der Waals surface area contributed by atoms with Gasteiger partial charge in [-0.25, -0.2) is 13.2 Å². The second-order valence-electron chi connectivity index (χ2n) is 7.91. The Morgan fingerprint density at radius 3 is 2.56 bits per heavy atom. The van der Waals surface area contributed by atoms with Crippen LogP contribution in [-0.4, -0.2) is 49.3 Å². The molecule has 1 aromatic carbocycles. The third-order valence-corrected chi connectivity index (χ3v) is 6.52. The number of ether oxygens (including phenoxy) is 1. The van der Waals surface area contributed by atoms with Gasteiger partial charge in [0.25, 0.3) is 0 Å². The molecule has 1 aromatic rings. The van der Waals surface area contributed by atoms with Crippen LogP contribution in [0.2, 0.25) is 0 Å². The van der Waals surface area contributed by atoms with Crippen LogP contribution in [0.3, 0.4) is 0 Å². The predicted molar refractivity (Wildman–Crippen MR) is 102 cm³/mol. The highest BCUT2D eigenvalue weighted by Gasteiger charge is 2.38. The lowest BCUT2D eigenvalue weighted by Crippen LogP contribution is -2.40. The molecule has 2 aliphatic heterocycles. The molecule has 2 heterocycles. The highest BCUT2D eigenvalue weighted by atomic mass is 35.7. The van der Waals surface area contributed by atoms with Crippen molar-refractivity contribution in [3.63, 3.8) is 0 Å². The molecule has 1 fully saturated rings. The van der Waals surface area contributed by atoms with Crippen LogP contribution in [0.5, 0.6) is 0 Å². The van der Waals surface area contributed by atoms with Crippen molar-refractivity contribution in [1.29, 1.82) is 0 Å². The fourth-order valence-corrected chi connectivity index (χ4v) is 4.33. The third-order valence-electron chi connectivity index (χ3n) is 4.65. The Morgan fingerprint density at radius 1 is 1.26 bits per heavy atom. The van der Waals surface area contributed by atoms with Gasteiger partial charge in [0.05, 0.1) is 0 Å². The number of hydrogen-bond donors (Lipinski definition) is 0. The van der Waals surface area contributed by atoms with Crippen molar-refractivity contribution in [3.05, 3.63) is 29.3 Å². The minimum Gasteiger partial charge on any atom is -0.444 e. The van der Waals surface area contributed by atoms with E-state index in [1.54, 1.807) is 4.90 Å². The van der Waals surface area contributed by atoms with Crippen molar-refractivity contribution in [2.24, 2.45) is 0 Å². The van der Waals surface area contributed by atoms with Crippen LogP contribution >= 0.6 is 10.7 Å². The lowest BCUT2D eigenvalue weighted by Gasteiger charge is -2.31. The van der Waals surface area contributed by atoms with Gasteiger partial charge in [-0.05, 0) is 50.5 Å². The van der Waals surface area contributed by atoms with Crippen LogP contribution in [-0.2, 0) is 31.5 Å².